The normalized spacial score (nSPS) is 19.9. The molecule has 130 valence electrons. The summed E-state index contributed by atoms with van der Waals surface area (Å²) in [5.74, 6) is -0.243. The van der Waals surface area contributed by atoms with Gasteiger partial charge in [0.05, 0.1) is 0 Å². The molecule has 0 atom stereocenters. The van der Waals surface area contributed by atoms with Gasteiger partial charge in [-0.25, -0.2) is 0 Å². The summed E-state index contributed by atoms with van der Waals surface area (Å²) in [6, 6.07) is 4.25. The molecule has 24 heavy (non-hydrogen) atoms. The largest absolute Gasteiger partial charge is 0.354 e. The Morgan fingerprint density at radius 3 is 2.54 bits per heavy atom. The van der Waals surface area contributed by atoms with Gasteiger partial charge in [0, 0.05) is 30.8 Å². The molecule has 0 unspecified atom stereocenters. The van der Waals surface area contributed by atoms with Crippen LogP contribution in [-0.4, -0.2) is 53.7 Å². The van der Waals surface area contributed by atoms with Crippen molar-refractivity contribution in [1.82, 2.24) is 15.1 Å². The zero-order chi connectivity index (χ0) is 16.9. The minimum absolute atomic E-state index is 0.130. The first-order valence-corrected chi connectivity index (χ1v) is 9.34. The van der Waals surface area contributed by atoms with E-state index in [0.717, 1.165) is 37.4 Å². The van der Waals surface area contributed by atoms with Crippen molar-refractivity contribution in [3.8, 4) is 0 Å². The van der Waals surface area contributed by atoms with E-state index in [0.29, 0.717) is 12.5 Å². The third-order valence-corrected chi connectivity index (χ3v) is 5.57. The molecular weight excluding hydrogens is 326 g/mol. The zero-order valence-electron chi connectivity index (χ0n) is 13.7. The first-order valence-electron chi connectivity index (χ1n) is 8.46. The molecule has 0 bridgehead atoms. The molecule has 2 fully saturated rings. The molecule has 3 amide bonds. The van der Waals surface area contributed by atoms with Crippen LogP contribution < -0.4 is 5.32 Å². The number of piperidine rings is 1. The van der Waals surface area contributed by atoms with Crippen LogP contribution in [0, 0.1) is 5.92 Å². The van der Waals surface area contributed by atoms with Gasteiger partial charge in [0.2, 0.25) is 17.7 Å². The van der Waals surface area contributed by atoms with Gasteiger partial charge in [-0.15, -0.1) is 11.3 Å². The standard InChI is InChI=1S/C17H23N3O3S/c21-15(12-20-16(22)3-4-17(20)23)18-10-13-5-7-19(8-6-13)11-14-2-1-9-24-14/h1-2,9,13H,3-8,10-12H2,(H,18,21). The summed E-state index contributed by atoms with van der Waals surface area (Å²) >= 11 is 1.79. The molecule has 0 aliphatic carbocycles. The van der Waals surface area contributed by atoms with E-state index in [4.69, 9.17) is 0 Å². The highest BCUT2D eigenvalue weighted by molar-refractivity contribution is 7.09. The predicted octanol–water partition coefficient (Wildman–Crippen LogP) is 1.23. The van der Waals surface area contributed by atoms with E-state index >= 15 is 0 Å². The number of imide groups is 1. The van der Waals surface area contributed by atoms with E-state index < -0.39 is 0 Å². The lowest BCUT2D eigenvalue weighted by molar-refractivity contribution is -0.142. The first-order chi connectivity index (χ1) is 11.6. The lowest BCUT2D eigenvalue weighted by atomic mass is 9.97. The number of rotatable bonds is 6. The SMILES string of the molecule is O=C(CN1C(=O)CCC1=O)NCC1CCN(Cc2cccs2)CC1. The Balaban J connectivity index is 1.35. The molecule has 2 aliphatic heterocycles. The second kappa shape index (κ2) is 7.90. The summed E-state index contributed by atoms with van der Waals surface area (Å²) < 4.78 is 0. The minimum atomic E-state index is -0.239. The van der Waals surface area contributed by atoms with Crippen molar-refractivity contribution in [2.24, 2.45) is 5.92 Å². The van der Waals surface area contributed by atoms with E-state index in [9.17, 15) is 14.4 Å². The number of likely N-dealkylation sites (tertiary alicyclic amines) is 2. The quantitative estimate of drug-likeness (QED) is 0.784. The van der Waals surface area contributed by atoms with Gasteiger partial charge in [-0.05, 0) is 43.3 Å². The molecule has 2 aliphatic rings. The summed E-state index contributed by atoms with van der Waals surface area (Å²) in [5, 5.41) is 4.98. The Morgan fingerprint density at radius 2 is 1.92 bits per heavy atom. The third-order valence-electron chi connectivity index (χ3n) is 4.71. The molecule has 3 rings (SSSR count). The molecule has 1 N–H and O–H groups in total. The van der Waals surface area contributed by atoms with Crippen LogP contribution in [0.3, 0.4) is 0 Å². The monoisotopic (exact) mass is 349 g/mol. The fourth-order valence-corrected chi connectivity index (χ4v) is 3.97. The van der Waals surface area contributed by atoms with Crippen LogP contribution in [0.1, 0.15) is 30.6 Å². The van der Waals surface area contributed by atoms with Gasteiger partial charge in [-0.3, -0.25) is 24.2 Å². The number of amides is 3. The Morgan fingerprint density at radius 1 is 1.21 bits per heavy atom. The average molecular weight is 349 g/mol. The summed E-state index contributed by atoms with van der Waals surface area (Å²) in [4.78, 5) is 39.9. The maximum atomic E-state index is 11.9. The van der Waals surface area contributed by atoms with E-state index in [1.807, 2.05) is 0 Å². The summed E-state index contributed by atoms with van der Waals surface area (Å²) in [7, 11) is 0. The van der Waals surface area contributed by atoms with Crippen LogP contribution in [0.5, 0.6) is 0 Å². The second-order valence-corrected chi connectivity index (χ2v) is 7.51. The summed E-state index contributed by atoms with van der Waals surface area (Å²) in [6.07, 6.45) is 2.59. The summed E-state index contributed by atoms with van der Waals surface area (Å²) in [6.45, 7) is 3.59. The van der Waals surface area contributed by atoms with Crippen molar-refractivity contribution in [3.63, 3.8) is 0 Å². The number of nitrogens with zero attached hydrogens (tertiary/aromatic N) is 2. The van der Waals surface area contributed by atoms with Gasteiger partial charge in [-0.1, -0.05) is 6.07 Å². The molecule has 6 nitrogen and oxygen atoms in total. The van der Waals surface area contributed by atoms with Crippen molar-refractivity contribution in [2.75, 3.05) is 26.2 Å². The van der Waals surface area contributed by atoms with Crippen molar-refractivity contribution < 1.29 is 14.4 Å². The molecular formula is C17H23N3O3S. The lowest BCUT2D eigenvalue weighted by Crippen LogP contribution is -2.43. The number of thiophene rings is 1. The topological polar surface area (TPSA) is 69.7 Å². The Hall–Kier alpha value is -1.73. The minimum Gasteiger partial charge on any atom is -0.354 e. The Labute approximate surface area is 145 Å². The van der Waals surface area contributed by atoms with Crippen LogP contribution in [0.15, 0.2) is 17.5 Å². The van der Waals surface area contributed by atoms with E-state index in [1.54, 1.807) is 11.3 Å². The van der Waals surface area contributed by atoms with Crippen LogP contribution >= 0.6 is 11.3 Å². The molecule has 0 spiro atoms. The first kappa shape index (κ1) is 17.1. The Bertz CT molecular complexity index is 578. The lowest BCUT2D eigenvalue weighted by Gasteiger charge is -2.31. The van der Waals surface area contributed by atoms with Crippen LogP contribution in [0.25, 0.3) is 0 Å². The molecule has 0 radical (unpaired) electrons. The average Bonchev–Trinajstić information content (AvgIpc) is 3.19. The fourth-order valence-electron chi connectivity index (χ4n) is 3.23. The molecule has 0 aromatic carbocycles. The molecule has 1 aromatic heterocycles. The van der Waals surface area contributed by atoms with Gasteiger partial charge in [0.15, 0.2) is 0 Å². The number of hydrogen-bond donors (Lipinski definition) is 1. The van der Waals surface area contributed by atoms with Gasteiger partial charge >= 0.3 is 0 Å². The van der Waals surface area contributed by atoms with Crippen LogP contribution in [-0.2, 0) is 20.9 Å². The maximum Gasteiger partial charge on any atom is 0.240 e. The summed E-state index contributed by atoms with van der Waals surface area (Å²) in [5.41, 5.74) is 0. The number of nitrogens with one attached hydrogen (secondary N) is 1. The molecule has 1 aromatic rings. The van der Waals surface area contributed by atoms with Crippen molar-refractivity contribution in [2.45, 2.75) is 32.2 Å². The van der Waals surface area contributed by atoms with E-state index in [2.05, 4.69) is 27.7 Å². The maximum absolute atomic E-state index is 11.9. The van der Waals surface area contributed by atoms with Gasteiger partial charge in [0.25, 0.3) is 0 Å². The van der Waals surface area contributed by atoms with Crippen LogP contribution in [0.4, 0.5) is 0 Å². The predicted molar refractivity (Wildman–Crippen MR) is 91.3 cm³/mol. The fraction of sp³-hybridized carbons (Fsp3) is 0.588. The van der Waals surface area contributed by atoms with E-state index in [-0.39, 0.29) is 37.1 Å². The van der Waals surface area contributed by atoms with Gasteiger partial charge in [0.1, 0.15) is 6.54 Å². The van der Waals surface area contributed by atoms with E-state index in [1.165, 1.54) is 4.88 Å². The molecule has 0 saturated carbocycles. The van der Waals surface area contributed by atoms with Gasteiger partial charge in [-0.2, -0.15) is 0 Å². The Kier molecular flexibility index (Phi) is 5.63. The molecule has 3 heterocycles. The second-order valence-electron chi connectivity index (χ2n) is 6.48. The van der Waals surface area contributed by atoms with Crippen molar-refractivity contribution in [1.29, 1.82) is 0 Å². The number of carbonyl (C=O) groups is 3. The van der Waals surface area contributed by atoms with Gasteiger partial charge < -0.3 is 5.32 Å². The highest BCUT2D eigenvalue weighted by Gasteiger charge is 2.30. The molecule has 7 heteroatoms. The zero-order valence-corrected chi connectivity index (χ0v) is 14.5. The number of hydrogen-bond acceptors (Lipinski definition) is 5. The molecule has 2 saturated heterocycles. The highest BCUT2D eigenvalue weighted by Crippen LogP contribution is 2.20. The van der Waals surface area contributed by atoms with Crippen molar-refractivity contribution in [3.05, 3.63) is 22.4 Å². The van der Waals surface area contributed by atoms with Crippen molar-refractivity contribution >= 4 is 29.1 Å². The highest BCUT2D eigenvalue weighted by atomic mass is 32.1. The third kappa shape index (κ3) is 4.42. The van der Waals surface area contributed by atoms with Crippen LogP contribution in [0.2, 0.25) is 0 Å². The smallest absolute Gasteiger partial charge is 0.240 e. The number of carbonyl (C=O) groups excluding carboxylic acids is 3.